The van der Waals surface area contributed by atoms with E-state index in [0.29, 0.717) is 27.9 Å². The van der Waals surface area contributed by atoms with Gasteiger partial charge in [-0.25, -0.2) is 4.98 Å². The monoisotopic (exact) mass is 278 g/mol. The third-order valence-corrected chi connectivity index (χ3v) is 3.67. The summed E-state index contributed by atoms with van der Waals surface area (Å²) in [6.07, 6.45) is 0. The van der Waals surface area contributed by atoms with E-state index in [4.69, 9.17) is 4.74 Å². The van der Waals surface area contributed by atoms with E-state index >= 15 is 0 Å². The molecule has 0 bridgehead atoms. The molecule has 3 aromatic rings. The van der Waals surface area contributed by atoms with Crippen molar-refractivity contribution < 1.29 is 9.53 Å². The minimum Gasteiger partial charge on any atom is -0.497 e. The molecule has 0 atom stereocenters. The maximum atomic E-state index is 12.7. The zero-order valence-electron chi connectivity index (χ0n) is 11.2. The molecule has 0 saturated heterocycles. The predicted molar refractivity (Wildman–Crippen MR) is 77.3 cm³/mol. The van der Waals surface area contributed by atoms with Crippen molar-refractivity contribution in [2.24, 2.45) is 0 Å². The molecule has 1 aromatic heterocycles. The molecular formula is C16H10N2O3. The number of methoxy groups -OCH3 is 1. The summed E-state index contributed by atoms with van der Waals surface area (Å²) in [7, 11) is 1.54. The van der Waals surface area contributed by atoms with Crippen molar-refractivity contribution >= 4 is 16.7 Å². The van der Waals surface area contributed by atoms with Crippen LogP contribution in [-0.4, -0.2) is 22.4 Å². The van der Waals surface area contributed by atoms with E-state index in [2.05, 4.69) is 4.98 Å². The first-order chi connectivity index (χ1) is 10.2. The van der Waals surface area contributed by atoms with Crippen LogP contribution in [0.3, 0.4) is 0 Å². The molecule has 5 heteroatoms. The van der Waals surface area contributed by atoms with Gasteiger partial charge in [0.05, 0.1) is 29.3 Å². The van der Waals surface area contributed by atoms with Crippen LogP contribution in [0.5, 0.6) is 5.75 Å². The van der Waals surface area contributed by atoms with Gasteiger partial charge >= 0.3 is 0 Å². The number of hydrogen-bond acceptors (Lipinski definition) is 4. The molecule has 102 valence electrons. The van der Waals surface area contributed by atoms with Gasteiger partial charge in [-0.2, -0.15) is 0 Å². The maximum absolute atomic E-state index is 12.7. The summed E-state index contributed by atoms with van der Waals surface area (Å²) < 4.78 is 6.53. The minimum absolute atomic E-state index is 0.155. The fourth-order valence-electron chi connectivity index (χ4n) is 2.64. The number of benzene rings is 2. The highest BCUT2D eigenvalue weighted by Crippen LogP contribution is 2.29. The van der Waals surface area contributed by atoms with E-state index in [0.717, 1.165) is 0 Å². The highest BCUT2D eigenvalue weighted by atomic mass is 16.5. The highest BCUT2D eigenvalue weighted by molar-refractivity contribution is 6.13. The Kier molecular flexibility index (Phi) is 2.27. The molecule has 0 N–H and O–H groups in total. The topological polar surface area (TPSA) is 61.2 Å². The van der Waals surface area contributed by atoms with E-state index in [9.17, 15) is 9.59 Å². The summed E-state index contributed by atoms with van der Waals surface area (Å²) in [5.41, 5.74) is 1.28. The van der Waals surface area contributed by atoms with Crippen molar-refractivity contribution in [1.82, 2.24) is 9.55 Å². The molecule has 1 aliphatic heterocycles. The van der Waals surface area contributed by atoms with Gasteiger partial charge in [-0.3, -0.25) is 14.2 Å². The molecule has 2 aromatic carbocycles. The second kappa shape index (κ2) is 4.02. The van der Waals surface area contributed by atoms with Gasteiger partial charge < -0.3 is 4.74 Å². The smallest absolute Gasteiger partial charge is 0.266 e. The molecule has 21 heavy (non-hydrogen) atoms. The Balaban J connectivity index is 2.15. The number of para-hydroxylation sites is 1. The van der Waals surface area contributed by atoms with Crippen LogP contribution >= 0.6 is 0 Å². The van der Waals surface area contributed by atoms with Gasteiger partial charge in [0, 0.05) is 6.07 Å². The Morgan fingerprint density at radius 2 is 1.90 bits per heavy atom. The molecule has 0 fully saturated rings. The minimum atomic E-state index is -0.240. The van der Waals surface area contributed by atoms with Gasteiger partial charge in [0.1, 0.15) is 5.75 Å². The summed E-state index contributed by atoms with van der Waals surface area (Å²) in [6.45, 7) is 0. The van der Waals surface area contributed by atoms with Gasteiger partial charge in [0.15, 0.2) is 5.82 Å². The SMILES string of the molecule is COc1ccc2c(c1)-n1c(nc3ccccc3c1=O)C2=O. The van der Waals surface area contributed by atoms with Crippen LogP contribution in [0.2, 0.25) is 0 Å². The van der Waals surface area contributed by atoms with E-state index < -0.39 is 0 Å². The molecule has 0 radical (unpaired) electrons. The third-order valence-electron chi connectivity index (χ3n) is 3.67. The molecule has 4 rings (SSSR count). The molecule has 1 aliphatic rings. The number of rotatable bonds is 1. The largest absolute Gasteiger partial charge is 0.497 e. The number of aromatic nitrogens is 2. The number of carbonyl (C=O) groups excluding carboxylic acids is 1. The predicted octanol–water partition coefficient (Wildman–Crippen LogP) is 1.94. The third kappa shape index (κ3) is 1.48. The Morgan fingerprint density at radius 1 is 1.10 bits per heavy atom. The van der Waals surface area contributed by atoms with Gasteiger partial charge in [-0.05, 0) is 24.3 Å². The maximum Gasteiger partial charge on any atom is 0.266 e. The van der Waals surface area contributed by atoms with Crippen LogP contribution in [0.1, 0.15) is 16.2 Å². The van der Waals surface area contributed by atoms with Crippen molar-refractivity contribution in [1.29, 1.82) is 0 Å². The number of hydrogen-bond donors (Lipinski definition) is 0. The van der Waals surface area contributed by atoms with Crippen molar-refractivity contribution in [3.05, 3.63) is 64.2 Å². The fraction of sp³-hybridized carbons (Fsp3) is 0.0625. The molecular weight excluding hydrogens is 268 g/mol. The fourth-order valence-corrected chi connectivity index (χ4v) is 2.64. The lowest BCUT2D eigenvalue weighted by Gasteiger charge is -2.06. The number of carbonyl (C=O) groups is 1. The Morgan fingerprint density at radius 3 is 2.71 bits per heavy atom. The number of nitrogens with zero attached hydrogens (tertiary/aromatic N) is 2. The first kappa shape index (κ1) is 11.8. The van der Waals surface area contributed by atoms with Gasteiger partial charge in [0.25, 0.3) is 5.56 Å². The van der Waals surface area contributed by atoms with Crippen molar-refractivity contribution in [2.75, 3.05) is 7.11 Å². The lowest BCUT2D eigenvalue weighted by Crippen LogP contribution is -2.21. The van der Waals surface area contributed by atoms with E-state index in [-0.39, 0.29) is 17.2 Å². The molecule has 0 saturated carbocycles. The average molecular weight is 278 g/mol. The molecule has 5 nitrogen and oxygen atoms in total. The number of ketones is 1. The standard InChI is InChI=1S/C16H10N2O3/c1-21-9-6-7-11-13(8-9)18-15(14(11)19)17-12-5-3-2-4-10(12)16(18)20/h2-8H,1H3. The van der Waals surface area contributed by atoms with Crippen LogP contribution in [0, 0.1) is 0 Å². The van der Waals surface area contributed by atoms with E-state index in [1.54, 1.807) is 49.6 Å². The van der Waals surface area contributed by atoms with Gasteiger partial charge in [0.2, 0.25) is 5.78 Å². The van der Waals surface area contributed by atoms with E-state index in [1.807, 2.05) is 0 Å². The summed E-state index contributed by atoms with van der Waals surface area (Å²) in [5.74, 6) is 0.506. The lowest BCUT2D eigenvalue weighted by atomic mass is 10.1. The Hall–Kier alpha value is -2.95. The first-order valence-corrected chi connectivity index (χ1v) is 6.45. The highest BCUT2D eigenvalue weighted by Gasteiger charge is 2.30. The van der Waals surface area contributed by atoms with Crippen molar-refractivity contribution in [3.63, 3.8) is 0 Å². The molecule has 0 unspecified atom stereocenters. The van der Waals surface area contributed by atoms with Crippen molar-refractivity contribution in [3.8, 4) is 11.4 Å². The second-order valence-corrected chi connectivity index (χ2v) is 4.81. The molecule has 0 spiro atoms. The van der Waals surface area contributed by atoms with Crippen LogP contribution < -0.4 is 10.3 Å². The zero-order valence-corrected chi connectivity index (χ0v) is 11.2. The van der Waals surface area contributed by atoms with Gasteiger partial charge in [-0.1, -0.05) is 12.1 Å². The lowest BCUT2D eigenvalue weighted by molar-refractivity contribution is 0.103. The van der Waals surface area contributed by atoms with E-state index in [1.165, 1.54) is 4.57 Å². The normalized spacial score (nSPS) is 12.3. The molecule has 2 heterocycles. The summed E-state index contributed by atoms with van der Waals surface area (Å²) >= 11 is 0. The van der Waals surface area contributed by atoms with Gasteiger partial charge in [-0.15, -0.1) is 0 Å². The van der Waals surface area contributed by atoms with Crippen LogP contribution in [0.4, 0.5) is 0 Å². The second-order valence-electron chi connectivity index (χ2n) is 4.81. The summed E-state index contributed by atoms with van der Waals surface area (Å²) in [6, 6.07) is 12.1. The van der Waals surface area contributed by atoms with Crippen molar-refractivity contribution in [2.45, 2.75) is 0 Å². The van der Waals surface area contributed by atoms with Crippen LogP contribution in [0.15, 0.2) is 47.3 Å². The molecule has 0 aliphatic carbocycles. The Bertz CT molecular complexity index is 973. The average Bonchev–Trinajstić information content (AvgIpc) is 2.80. The van der Waals surface area contributed by atoms with Crippen LogP contribution in [-0.2, 0) is 0 Å². The van der Waals surface area contributed by atoms with Crippen LogP contribution in [0.25, 0.3) is 16.6 Å². The quantitative estimate of drug-likeness (QED) is 0.534. The summed E-state index contributed by atoms with van der Waals surface area (Å²) in [5, 5.41) is 0.490. The number of ether oxygens (including phenoxy) is 1. The molecule has 0 amide bonds. The zero-order chi connectivity index (χ0) is 14.6. The number of fused-ring (bicyclic) bond motifs is 4. The first-order valence-electron chi connectivity index (χ1n) is 6.45. The summed E-state index contributed by atoms with van der Waals surface area (Å²) in [4.78, 5) is 29.4. The Labute approximate surface area is 119 Å².